The smallest absolute Gasteiger partial charge is 0.372 e. The number of H-pyrrole nitrogens is 1. The van der Waals surface area contributed by atoms with Crippen LogP contribution < -0.4 is 11.3 Å². The topological polar surface area (TPSA) is 143 Å². The molecule has 1 aliphatic carbocycles. The van der Waals surface area contributed by atoms with E-state index in [0.717, 1.165) is 24.8 Å². The van der Waals surface area contributed by atoms with E-state index in [-0.39, 0.29) is 28.9 Å². The molecule has 2 aromatic rings. The van der Waals surface area contributed by atoms with Gasteiger partial charge in [-0.3, -0.25) is 4.79 Å². The normalized spacial score (nSPS) is 21.3. The van der Waals surface area contributed by atoms with Crippen molar-refractivity contribution in [2.45, 2.75) is 31.7 Å². The van der Waals surface area contributed by atoms with Crippen LogP contribution in [0.3, 0.4) is 0 Å². The highest BCUT2D eigenvalue weighted by atomic mass is 32.2. The molecule has 0 amide bonds. The molecule has 0 saturated carbocycles. The van der Waals surface area contributed by atoms with Crippen LogP contribution in [0.25, 0.3) is 10.2 Å². The third-order valence-electron chi connectivity index (χ3n) is 4.05. The number of fused-ring (bicyclic) bond motifs is 3. The summed E-state index contributed by atoms with van der Waals surface area (Å²) in [4.78, 5) is 30.5. The van der Waals surface area contributed by atoms with Gasteiger partial charge >= 0.3 is 5.97 Å². The Kier molecular flexibility index (Phi) is 4.45. The number of sulfone groups is 1. The van der Waals surface area contributed by atoms with Crippen LogP contribution in [0.2, 0.25) is 0 Å². The number of nitrogens with one attached hydrogen (secondary N) is 1. The van der Waals surface area contributed by atoms with E-state index in [1.165, 1.54) is 16.2 Å². The third-order valence-corrected chi connectivity index (χ3v) is 7.02. The minimum Gasteiger partial charge on any atom is -0.475 e. The molecule has 0 aromatic carbocycles. The van der Waals surface area contributed by atoms with E-state index in [1.807, 2.05) is 0 Å². The molecule has 4 N–H and O–H groups in total. The van der Waals surface area contributed by atoms with E-state index in [9.17, 15) is 18.0 Å². The van der Waals surface area contributed by atoms with Crippen molar-refractivity contribution >= 4 is 37.4 Å². The predicted molar refractivity (Wildman–Crippen MR) is 90.5 cm³/mol. The third kappa shape index (κ3) is 3.35. The molecule has 24 heavy (non-hydrogen) atoms. The van der Waals surface area contributed by atoms with Crippen molar-refractivity contribution in [1.82, 2.24) is 9.97 Å². The zero-order valence-corrected chi connectivity index (χ0v) is 14.4. The first-order valence-corrected chi connectivity index (χ1v) is 10.1. The number of carbonyl (C=O) groups is 1. The summed E-state index contributed by atoms with van der Waals surface area (Å²) in [5.74, 6) is -1.01. The molecule has 2 aliphatic rings. The van der Waals surface area contributed by atoms with E-state index in [0.29, 0.717) is 16.6 Å². The summed E-state index contributed by atoms with van der Waals surface area (Å²) in [7, 11) is -2.72. The molecule has 1 fully saturated rings. The molecule has 2 aromatic heterocycles. The van der Waals surface area contributed by atoms with Crippen LogP contribution in [0.1, 0.15) is 33.9 Å². The van der Waals surface area contributed by atoms with Crippen LogP contribution in [-0.4, -0.2) is 47.0 Å². The zero-order chi connectivity index (χ0) is 17.5. The van der Waals surface area contributed by atoms with Crippen LogP contribution in [-0.2, 0) is 22.7 Å². The van der Waals surface area contributed by atoms with E-state index < -0.39 is 15.8 Å². The van der Waals surface area contributed by atoms with Crippen molar-refractivity contribution in [3.05, 3.63) is 26.6 Å². The lowest BCUT2D eigenvalue weighted by Gasteiger charge is -1.95. The van der Waals surface area contributed by atoms with Gasteiger partial charge in [-0.15, -0.1) is 11.3 Å². The Morgan fingerprint density at radius 2 is 2.12 bits per heavy atom. The van der Waals surface area contributed by atoms with Gasteiger partial charge in [0.1, 0.15) is 4.83 Å². The van der Waals surface area contributed by atoms with Gasteiger partial charge in [-0.2, -0.15) is 0 Å². The van der Waals surface area contributed by atoms with Crippen LogP contribution in [0.4, 0.5) is 0 Å². The molecule has 1 atom stereocenters. The lowest BCUT2D eigenvalue weighted by Crippen LogP contribution is -2.20. The number of carboxylic acid groups (broad SMARTS) is 1. The molecule has 130 valence electrons. The number of nitrogens with two attached hydrogens (primary N) is 1. The van der Waals surface area contributed by atoms with Crippen molar-refractivity contribution in [2.24, 2.45) is 5.73 Å². The average molecular weight is 371 g/mol. The fraction of sp³-hybridized carbons (Fsp3) is 0.500. The standard InChI is InChI=1S/C10H8N2O3S.C4H9NO2S/c13-8-6-4-2-1-3-5(4)16-9(6)12-7(11-8)10(14)15;5-4-1-2-8(6,7)3-4/h1-3H2,(H,14,15)(H,11,12,13);4H,1-3,5H2. The van der Waals surface area contributed by atoms with Crippen LogP contribution in [0.15, 0.2) is 4.79 Å². The maximum absolute atomic E-state index is 11.8. The van der Waals surface area contributed by atoms with Crippen LogP contribution in [0, 0.1) is 0 Å². The number of aromatic nitrogens is 2. The fourth-order valence-electron chi connectivity index (χ4n) is 2.93. The van der Waals surface area contributed by atoms with E-state index in [4.69, 9.17) is 10.8 Å². The molecule has 0 radical (unpaired) electrons. The van der Waals surface area contributed by atoms with Gasteiger partial charge in [0.25, 0.3) is 5.56 Å². The van der Waals surface area contributed by atoms with Gasteiger partial charge in [-0.1, -0.05) is 0 Å². The molecule has 4 rings (SSSR count). The van der Waals surface area contributed by atoms with Crippen molar-refractivity contribution in [1.29, 1.82) is 0 Å². The first kappa shape index (κ1) is 17.1. The molecule has 3 heterocycles. The van der Waals surface area contributed by atoms with Crippen LogP contribution >= 0.6 is 11.3 Å². The first-order chi connectivity index (χ1) is 11.3. The second-order valence-corrected chi connectivity index (χ2v) is 9.23. The van der Waals surface area contributed by atoms with Crippen molar-refractivity contribution < 1.29 is 18.3 Å². The highest BCUT2D eigenvalue weighted by Crippen LogP contribution is 2.34. The van der Waals surface area contributed by atoms with Gasteiger partial charge in [0.05, 0.1) is 16.9 Å². The Balaban J connectivity index is 0.000000179. The van der Waals surface area contributed by atoms with Gasteiger partial charge in [0.15, 0.2) is 9.84 Å². The van der Waals surface area contributed by atoms with Gasteiger partial charge in [0, 0.05) is 10.9 Å². The lowest BCUT2D eigenvalue weighted by atomic mass is 10.2. The highest BCUT2D eigenvalue weighted by molar-refractivity contribution is 7.91. The number of rotatable bonds is 1. The Morgan fingerprint density at radius 1 is 1.38 bits per heavy atom. The summed E-state index contributed by atoms with van der Waals surface area (Å²) in [6, 6.07) is -0.0972. The maximum atomic E-state index is 11.8. The number of carboxylic acids is 1. The average Bonchev–Trinajstić information content (AvgIpc) is 3.13. The molecule has 10 heteroatoms. The largest absolute Gasteiger partial charge is 0.475 e. The Bertz CT molecular complexity index is 961. The van der Waals surface area contributed by atoms with Gasteiger partial charge in [0.2, 0.25) is 5.82 Å². The Morgan fingerprint density at radius 3 is 2.67 bits per heavy atom. The summed E-state index contributed by atoms with van der Waals surface area (Å²) < 4.78 is 21.1. The SMILES string of the molecule is NC1CCS(=O)(=O)C1.O=C(O)c1nc2sc3c(c2c(=O)[nH]1)CCC3. The molecule has 0 spiro atoms. The van der Waals surface area contributed by atoms with E-state index in [1.54, 1.807) is 0 Å². The lowest BCUT2D eigenvalue weighted by molar-refractivity contribution is 0.0683. The van der Waals surface area contributed by atoms with Crippen molar-refractivity contribution in [3.8, 4) is 0 Å². The molecule has 1 aliphatic heterocycles. The summed E-state index contributed by atoms with van der Waals surface area (Å²) in [5, 5.41) is 9.37. The second kappa shape index (κ2) is 6.26. The number of aryl methyl sites for hydroxylation is 2. The number of nitrogens with zero attached hydrogens (tertiary/aromatic N) is 1. The highest BCUT2D eigenvalue weighted by Gasteiger charge is 2.24. The molecule has 1 saturated heterocycles. The van der Waals surface area contributed by atoms with Gasteiger partial charge in [-0.25, -0.2) is 18.2 Å². The van der Waals surface area contributed by atoms with Gasteiger partial charge in [-0.05, 0) is 31.2 Å². The number of hydrogen-bond acceptors (Lipinski definition) is 7. The zero-order valence-electron chi connectivity index (χ0n) is 12.7. The molecular formula is C14H17N3O5S2. The van der Waals surface area contributed by atoms with E-state index in [2.05, 4.69) is 9.97 Å². The Hall–Kier alpha value is -1.78. The predicted octanol–water partition coefficient (Wildman–Crippen LogP) is 0.304. The Labute approximate surface area is 141 Å². The quantitative estimate of drug-likeness (QED) is 0.654. The van der Waals surface area contributed by atoms with E-state index >= 15 is 0 Å². The van der Waals surface area contributed by atoms with Crippen LogP contribution in [0.5, 0.6) is 0 Å². The summed E-state index contributed by atoms with van der Waals surface area (Å²) in [5.41, 5.74) is 6.06. The number of aromatic carboxylic acids is 1. The molecule has 1 unspecified atom stereocenters. The minimum atomic E-state index is -2.72. The van der Waals surface area contributed by atoms with Gasteiger partial charge < -0.3 is 15.8 Å². The second-order valence-electron chi connectivity index (χ2n) is 5.92. The molecular weight excluding hydrogens is 354 g/mol. The van der Waals surface area contributed by atoms with Crippen molar-refractivity contribution in [3.63, 3.8) is 0 Å². The monoisotopic (exact) mass is 371 g/mol. The minimum absolute atomic E-state index is 0.0972. The maximum Gasteiger partial charge on any atom is 0.372 e. The first-order valence-electron chi connectivity index (χ1n) is 7.50. The number of hydrogen-bond donors (Lipinski definition) is 3. The molecule has 0 bridgehead atoms. The number of aromatic amines is 1. The molecule has 8 nitrogen and oxygen atoms in total. The summed E-state index contributed by atoms with van der Waals surface area (Å²) in [6.45, 7) is 0. The number of thiophene rings is 1. The fourth-order valence-corrected chi connectivity index (χ4v) is 5.84. The van der Waals surface area contributed by atoms with Crippen molar-refractivity contribution in [2.75, 3.05) is 11.5 Å². The summed E-state index contributed by atoms with van der Waals surface area (Å²) >= 11 is 1.44. The summed E-state index contributed by atoms with van der Waals surface area (Å²) in [6.07, 6.45) is 3.57.